The van der Waals surface area contributed by atoms with E-state index in [-0.39, 0.29) is 5.56 Å². The van der Waals surface area contributed by atoms with Crippen molar-refractivity contribution in [3.05, 3.63) is 99.8 Å². The highest BCUT2D eigenvalue weighted by atomic mass is 35.5. The Balaban J connectivity index is 1.53. The molecule has 0 aromatic heterocycles. The Morgan fingerprint density at radius 1 is 0.912 bits per heavy atom. The number of halogens is 5. The molecule has 9 heteroatoms. The third kappa shape index (κ3) is 5.08. The molecule has 1 saturated carbocycles. The fourth-order valence-corrected chi connectivity index (χ4v) is 5.15. The van der Waals surface area contributed by atoms with Gasteiger partial charge in [-0.3, -0.25) is 9.59 Å². The number of anilines is 2. The van der Waals surface area contributed by atoms with Crippen molar-refractivity contribution in [1.29, 1.82) is 0 Å². The topological polar surface area (TPSA) is 58.2 Å². The monoisotopic (exact) mass is 536 g/mol. The second-order valence-corrected chi connectivity index (χ2v) is 10.1. The minimum absolute atomic E-state index is 0.272. The van der Waals surface area contributed by atoms with Gasteiger partial charge in [0.2, 0.25) is 5.91 Å². The van der Waals surface area contributed by atoms with Crippen LogP contribution in [0.25, 0.3) is 6.08 Å². The van der Waals surface area contributed by atoms with Gasteiger partial charge >= 0.3 is 0 Å². The Morgan fingerprint density at radius 2 is 1.53 bits per heavy atom. The summed E-state index contributed by atoms with van der Waals surface area (Å²) < 4.78 is 11.8. The zero-order valence-electron chi connectivity index (χ0n) is 17.4. The zero-order chi connectivity index (χ0) is 24.6. The summed E-state index contributed by atoms with van der Waals surface area (Å²) in [4.78, 5) is 25.8. The van der Waals surface area contributed by atoms with Crippen LogP contribution in [0.3, 0.4) is 0 Å². The van der Waals surface area contributed by atoms with Crippen molar-refractivity contribution in [2.24, 2.45) is 5.92 Å². The third-order valence-corrected chi connectivity index (χ3v) is 6.84. The molecule has 1 aliphatic rings. The van der Waals surface area contributed by atoms with E-state index in [2.05, 4.69) is 17.2 Å². The predicted octanol–water partition coefficient (Wildman–Crippen LogP) is 7.55. The van der Waals surface area contributed by atoms with E-state index in [1.54, 1.807) is 30.3 Å². The Morgan fingerprint density at radius 3 is 2.15 bits per heavy atom. The number of carbonyl (C=O) groups excluding carboxylic acids is 2. The maximum Gasteiger partial charge on any atom is 0.256 e. The standard InChI is InChI=1S/C25H17Cl4FN2O2/c1-2-13-3-6-19(12-20(13)23(33)31-18-7-4-17(30)5-8-18)32-24(34)22-21(25(22,28)29)14-9-15(26)11-16(27)10-14/h2-12,21-22H,1H2,(H,31,33)(H,32,34). The molecule has 0 saturated heterocycles. The number of benzene rings is 3. The van der Waals surface area contributed by atoms with Gasteiger partial charge in [-0.05, 0) is 65.7 Å². The first-order valence-electron chi connectivity index (χ1n) is 10.1. The SMILES string of the molecule is C=Cc1ccc(NC(=O)C2C(c3cc(Cl)cc(Cl)c3)C2(Cl)Cl)cc1C(=O)Nc1ccc(F)cc1. The first-order valence-corrected chi connectivity index (χ1v) is 11.6. The molecule has 2 amide bonds. The number of alkyl halides is 2. The number of hydrogen-bond acceptors (Lipinski definition) is 2. The highest BCUT2D eigenvalue weighted by molar-refractivity contribution is 6.53. The molecule has 0 aliphatic heterocycles. The van der Waals surface area contributed by atoms with E-state index in [1.807, 2.05) is 0 Å². The molecule has 4 nitrogen and oxygen atoms in total. The Labute approximate surface area is 215 Å². The van der Waals surface area contributed by atoms with Gasteiger partial charge in [0.05, 0.1) is 5.92 Å². The molecule has 34 heavy (non-hydrogen) atoms. The van der Waals surface area contributed by atoms with Gasteiger partial charge in [0, 0.05) is 32.9 Å². The Bertz CT molecular complexity index is 1270. The van der Waals surface area contributed by atoms with Crippen molar-refractivity contribution in [3.8, 4) is 0 Å². The molecule has 2 atom stereocenters. The van der Waals surface area contributed by atoms with E-state index in [1.165, 1.54) is 36.4 Å². The van der Waals surface area contributed by atoms with Gasteiger partial charge in [0.15, 0.2) is 0 Å². The summed E-state index contributed by atoms with van der Waals surface area (Å²) in [6, 6.07) is 15.1. The predicted molar refractivity (Wildman–Crippen MR) is 137 cm³/mol. The number of amides is 2. The van der Waals surface area contributed by atoms with Crippen molar-refractivity contribution in [2.45, 2.75) is 10.3 Å². The maximum atomic E-state index is 13.1. The maximum absolute atomic E-state index is 13.1. The third-order valence-electron chi connectivity index (χ3n) is 5.47. The fraction of sp³-hybridized carbons (Fsp3) is 0.120. The smallest absolute Gasteiger partial charge is 0.256 e. The molecule has 4 rings (SSSR count). The lowest BCUT2D eigenvalue weighted by Gasteiger charge is -2.11. The molecule has 2 unspecified atom stereocenters. The van der Waals surface area contributed by atoms with Gasteiger partial charge in [0.1, 0.15) is 10.2 Å². The molecule has 3 aromatic rings. The van der Waals surface area contributed by atoms with E-state index in [9.17, 15) is 14.0 Å². The number of nitrogens with one attached hydrogen (secondary N) is 2. The second-order valence-electron chi connectivity index (χ2n) is 7.79. The van der Waals surface area contributed by atoms with Gasteiger partial charge < -0.3 is 10.6 Å². The first kappa shape index (κ1) is 24.6. The van der Waals surface area contributed by atoms with Crippen molar-refractivity contribution in [3.63, 3.8) is 0 Å². The van der Waals surface area contributed by atoms with E-state index in [0.29, 0.717) is 32.5 Å². The molecule has 0 spiro atoms. The van der Waals surface area contributed by atoms with Crippen molar-refractivity contribution in [2.75, 3.05) is 10.6 Å². The average molecular weight is 538 g/mol. The Hall–Kier alpha value is -2.57. The molecular weight excluding hydrogens is 521 g/mol. The first-order chi connectivity index (χ1) is 16.1. The van der Waals surface area contributed by atoms with Crippen molar-refractivity contribution < 1.29 is 14.0 Å². The summed E-state index contributed by atoms with van der Waals surface area (Å²) >= 11 is 25.0. The quantitative estimate of drug-likeness (QED) is 0.319. The minimum atomic E-state index is -1.33. The van der Waals surface area contributed by atoms with Crippen LogP contribution in [0, 0.1) is 11.7 Å². The molecule has 2 N–H and O–H groups in total. The van der Waals surface area contributed by atoms with E-state index < -0.39 is 33.8 Å². The zero-order valence-corrected chi connectivity index (χ0v) is 20.4. The molecule has 0 bridgehead atoms. The van der Waals surface area contributed by atoms with Crippen LogP contribution in [0.1, 0.15) is 27.4 Å². The summed E-state index contributed by atoms with van der Waals surface area (Å²) in [6.07, 6.45) is 1.52. The van der Waals surface area contributed by atoms with Crippen molar-refractivity contribution >= 4 is 75.7 Å². The lowest BCUT2D eigenvalue weighted by Crippen LogP contribution is -2.18. The molecule has 0 radical (unpaired) electrons. The van der Waals surface area contributed by atoms with Crippen LogP contribution in [0.4, 0.5) is 15.8 Å². The number of carbonyl (C=O) groups is 2. The van der Waals surface area contributed by atoms with Crippen LogP contribution in [0.5, 0.6) is 0 Å². The number of rotatable bonds is 6. The van der Waals surface area contributed by atoms with Crippen LogP contribution in [-0.4, -0.2) is 16.1 Å². The summed E-state index contributed by atoms with van der Waals surface area (Å²) in [5, 5.41) is 6.29. The second kappa shape index (κ2) is 9.59. The van der Waals surface area contributed by atoms with E-state index in [0.717, 1.165) is 0 Å². The summed E-state index contributed by atoms with van der Waals surface area (Å²) in [5.41, 5.74) is 2.28. The lowest BCUT2D eigenvalue weighted by molar-refractivity contribution is -0.117. The largest absolute Gasteiger partial charge is 0.326 e. The van der Waals surface area contributed by atoms with Crippen LogP contribution in [-0.2, 0) is 4.79 Å². The number of hydrogen-bond donors (Lipinski definition) is 2. The molecule has 0 heterocycles. The van der Waals surface area contributed by atoms with Gasteiger partial charge in [-0.25, -0.2) is 4.39 Å². The Kier molecular flexibility index (Phi) is 6.92. The summed E-state index contributed by atoms with van der Waals surface area (Å²) in [5.74, 6) is -2.52. The van der Waals surface area contributed by atoms with Crippen LogP contribution in [0.15, 0.2) is 67.2 Å². The molecule has 1 aliphatic carbocycles. The van der Waals surface area contributed by atoms with Crippen LogP contribution >= 0.6 is 46.4 Å². The average Bonchev–Trinajstić information content (AvgIpc) is 3.36. The van der Waals surface area contributed by atoms with Crippen LogP contribution < -0.4 is 10.6 Å². The molecular formula is C25H17Cl4FN2O2. The van der Waals surface area contributed by atoms with E-state index in [4.69, 9.17) is 46.4 Å². The summed E-state index contributed by atoms with van der Waals surface area (Å²) in [7, 11) is 0. The van der Waals surface area contributed by atoms with Gasteiger partial charge in [-0.2, -0.15) is 0 Å². The molecule has 174 valence electrons. The van der Waals surface area contributed by atoms with Crippen molar-refractivity contribution in [1.82, 2.24) is 0 Å². The summed E-state index contributed by atoms with van der Waals surface area (Å²) in [6.45, 7) is 3.72. The van der Waals surface area contributed by atoms with Gasteiger partial charge in [-0.1, -0.05) is 41.9 Å². The molecule has 3 aromatic carbocycles. The minimum Gasteiger partial charge on any atom is -0.326 e. The van der Waals surface area contributed by atoms with Gasteiger partial charge in [0.25, 0.3) is 5.91 Å². The normalized spacial score (nSPS) is 18.1. The van der Waals surface area contributed by atoms with Gasteiger partial charge in [-0.15, -0.1) is 23.2 Å². The fourth-order valence-electron chi connectivity index (χ4n) is 3.78. The lowest BCUT2D eigenvalue weighted by atomic mass is 10.0. The highest BCUT2D eigenvalue weighted by Crippen LogP contribution is 2.65. The molecule has 1 fully saturated rings. The van der Waals surface area contributed by atoms with E-state index >= 15 is 0 Å². The van der Waals surface area contributed by atoms with Crippen LogP contribution in [0.2, 0.25) is 10.0 Å². The highest BCUT2D eigenvalue weighted by Gasteiger charge is 2.67.